The van der Waals surface area contributed by atoms with Crippen LogP contribution in [0.15, 0.2) is 24.3 Å². The van der Waals surface area contributed by atoms with Crippen molar-refractivity contribution in [2.75, 3.05) is 11.9 Å². The molecule has 2 N–H and O–H groups in total. The maximum absolute atomic E-state index is 12.6. The molecular formula is C17H21N3O2. The number of hydrogen-bond acceptors (Lipinski definition) is 3. The number of anilines is 1. The molecular weight excluding hydrogens is 278 g/mol. The van der Waals surface area contributed by atoms with Crippen LogP contribution < -0.4 is 5.32 Å². The summed E-state index contributed by atoms with van der Waals surface area (Å²) in [4.78, 5) is 12.6. The van der Waals surface area contributed by atoms with Crippen LogP contribution in [0.1, 0.15) is 53.5 Å². The van der Waals surface area contributed by atoms with E-state index in [1.54, 1.807) is 0 Å². The fraction of sp³-hybridized carbons (Fsp3) is 0.412. The molecule has 5 heteroatoms. The Morgan fingerprint density at radius 1 is 1.45 bits per heavy atom. The zero-order valence-corrected chi connectivity index (χ0v) is 13.0. The topological polar surface area (TPSA) is 67.0 Å². The number of nitrogens with one attached hydrogen (secondary N) is 2. The fourth-order valence-corrected chi connectivity index (χ4v) is 2.74. The number of fused-ring (bicyclic) bond motifs is 1. The number of nitrogens with zero attached hydrogens (tertiary/aromatic N) is 1. The molecule has 1 aliphatic rings. The van der Waals surface area contributed by atoms with E-state index >= 15 is 0 Å². The van der Waals surface area contributed by atoms with E-state index in [4.69, 9.17) is 4.74 Å². The van der Waals surface area contributed by atoms with Gasteiger partial charge >= 0.3 is 0 Å². The number of aromatic amines is 1. The lowest BCUT2D eigenvalue weighted by atomic mass is 9.97. The molecule has 1 unspecified atom stereocenters. The van der Waals surface area contributed by atoms with Crippen molar-refractivity contribution in [2.24, 2.45) is 0 Å². The first-order valence-corrected chi connectivity index (χ1v) is 7.74. The van der Waals surface area contributed by atoms with E-state index in [2.05, 4.69) is 35.4 Å². The van der Waals surface area contributed by atoms with Crippen LogP contribution in [-0.2, 0) is 17.8 Å². The van der Waals surface area contributed by atoms with E-state index < -0.39 is 0 Å². The highest BCUT2D eigenvalue weighted by Gasteiger charge is 2.23. The maximum Gasteiger partial charge on any atom is 0.276 e. The Kier molecular flexibility index (Phi) is 4.24. The summed E-state index contributed by atoms with van der Waals surface area (Å²) in [5, 5.41) is 10.1. The largest absolute Gasteiger partial charge is 0.376 e. The summed E-state index contributed by atoms with van der Waals surface area (Å²) in [6.07, 6.45) is 1.80. The van der Waals surface area contributed by atoms with Crippen LogP contribution in [0.5, 0.6) is 0 Å². The highest BCUT2D eigenvalue weighted by atomic mass is 16.5. The van der Waals surface area contributed by atoms with E-state index in [9.17, 15) is 4.79 Å². The van der Waals surface area contributed by atoms with Gasteiger partial charge in [-0.3, -0.25) is 9.89 Å². The molecule has 1 aromatic heterocycles. The summed E-state index contributed by atoms with van der Waals surface area (Å²) >= 11 is 0. The van der Waals surface area contributed by atoms with Gasteiger partial charge in [0.05, 0.1) is 13.2 Å². The van der Waals surface area contributed by atoms with Gasteiger partial charge in [-0.15, -0.1) is 0 Å². The quantitative estimate of drug-likeness (QED) is 0.910. The summed E-state index contributed by atoms with van der Waals surface area (Å²) in [6, 6.07) is 7.94. The molecule has 0 spiro atoms. The van der Waals surface area contributed by atoms with Crippen LogP contribution in [0.2, 0.25) is 0 Å². The average molecular weight is 299 g/mol. The minimum Gasteiger partial charge on any atom is -0.376 e. The van der Waals surface area contributed by atoms with Gasteiger partial charge in [0.2, 0.25) is 0 Å². The van der Waals surface area contributed by atoms with Crippen molar-refractivity contribution in [3.8, 4) is 0 Å². The van der Waals surface area contributed by atoms with Gasteiger partial charge in [-0.05, 0) is 24.0 Å². The lowest BCUT2D eigenvalue weighted by Gasteiger charge is -2.16. The SMILES string of the molecule is CCC(C)c1ccccc1NC(=O)c1n[nH]c2c1COCC2. The zero-order valence-electron chi connectivity index (χ0n) is 13.0. The summed E-state index contributed by atoms with van der Waals surface area (Å²) < 4.78 is 5.43. The van der Waals surface area contributed by atoms with Gasteiger partial charge < -0.3 is 10.1 Å². The molecule has 5 nitrogen and oxygen atoms in total. The molecule has 0 fully saturated rings. The third kappa shape index (κ3) is 2.76. The van der Waals surface area contributed by atoms with E-state index in [1.807, 2.05) is 18.2 Å². The minimum atomic E-state index is -0.182. The van der Waals surface area contributed by atoms with Crippen LogP contribution >= 0.6 is 0 Å². The molecule has 0 aliphatic carbocycles. The smallest absolute Gasteiger partial charge is 0.276 e. The molecule has 1 amide bonds. The molecule has 1 atom stereocenters. The molecule has 0 radical (unpaired) electrons. The fourth-order valence-electron chi connectivity index (χ4n) is 2.74. The lowest BCUT2D eigenvalue weighted by molar-refractivity contribution is 0.0985. The van der Waals surface area contributed by atoms with Gasteiger partial charge in [-0.2, -0.15) is 5.10 Å². The summed E-state index contributed by atoms with van der Waals surface area (Å²) in [7, 11) is 0. The van der Waals surface area contributed by atoms with E-state index in [1.165, 1.54) is 0 Å². The first-order valence-electron chi connectivity index (χ1n) is 7.74. The van der Waals surface area contributed by atoms with Crippen LogP contribution in [0, 0.1) is 0 Å². The number of para-hydroxylation sites is 1. The Labute approximate surface area is 130 Å². The number of hydrogen-bond donors (Lipinski definition) is 2. The number of amides is 1. The summed E-state index contributed by atoms with van der Waals surface area (Å²) in [6.45, 7) is 5.43. The Hall–Kier alpha value is -2.14. The van der Waals surface area contributed by atoms with E-state index in [0.29, 0.717) is 24.8 Å². The lowest BCUT2D eigenvalue weighted by Crippen LogP contribution is -2.18. The zero-order chi connectivity index (χ0) is 15.5. The third-order valence-corrected chi connectivity index (χ3v) is 4.26. The highest BCUT2D eigenvalue weighted by Crippen LogP contribution is 2.27. The van der Waals surface area contributed by atoms with Crippen LogP contribution in [0.3, 0.4) is 0 Å². The highest BCUT2D eigenvalue weighted by molar-refractivity contribution is 6.04. The van der Waals surface area contributed by atoms with Crippen molar-refractivity contribution in [3.05, 3.63) is 46.8 Å². The Morgan fingerprint density at radius 2 is 2.27 bits per heavy atom. The van der Waals surface area contributed by atoms with Crippen LogP contribution in [0.25, 0.3) is 0 Å². The number of benzene rings is 1. The van der Waals surface area contributed by atoms with Gasteiger partial charge in [0.25, 0.3) is 5.91 Å². The molecule has 0 saturated carbocycles. The van der Waals surface area contributed by atoms with Gasteiger partial charge in [0.1, 0.15) is 0 Å². The van der Waals surface area contributed by atoms with E-state index in [0.717, 1.165) is 35.3 Å². The van der Waals surface area contributed by atoms with Crippen molar-refractivity contribution >= 4 is 11.6 Å². The van der Waals surface area contributed by atoms with Crippen molar-refractivity contribution in [1.29, 1.82) is 0 Å². The molecule has 22 heavy (non-hydrogen) atoms. The van der Waals surface area contributed by atoms with Crippen LogP contribution in [-0.4, -0.2) is 22.7 Å². The molecule has 0 saturated heterocycles. The van der Waals surface area contributed by atoms with Gasteiger partial charge in [-0.1, -0.05) is 32.0 Å². The minimum absolute atomic E-state index is 0.182. The summed E-state index contributed by atoms with van der Waals surface area (Å²) in [5.74, 6) is 0.215. The maximum atomic E-state index is 12.6. The molecule has 1 aromatic carbocycles. The normalized spacial score (nSPS) is 15.2. The molecule has 116 valence electrons. The number of ether oxygens (including phenoxy) is 1. The second kappa shape index (κ2) is 6.32. The monoisotopic (exact) mass is 299 g/mol. The molecule has 2 heterocycles. The number of rotatable bonds is 4. The number of H-pyrrole nitrogens is 1. The Bertz CT molecular complexity index is 678. The van der Waals surface area contributed by atoms with Crippen LogP contribution in [0.4, 0.5) is 5.69 Å². The number of aromatic nitrogens is 2. The van der Waals surface area contributed by atoms with Crippen molar-refractivity contribution in [3.63, 3.8) is 0 Å². The third-order valence-electron chi connectivity index (χ3n) is 4.26. The molecule has 3 rings (SSSR count). The van der Waals surface area contributed by atoms with Crippen molar-refractivity contribution in [1.82, 2.24) is 10.2 Å². The Balaban J connectivity index is 1.85. The predicted molar refractivity (Wildman–Crippen MR) is 85.0 cm³/mol. The Morgan fingerprint density at radius 3 is 3.09 bits per heavy atom. The molecule has 0 bridgehead atoms. The number of carbonyl (C=O) groups is 1. The van der Waals surface area contributed by atoms with Gasteiger partial charge in [0.15, 0.2) is 5.69 Å². The molecule has 1 aliphatic heterocycles. The average Bonchev–Trinajstić information content (AvgIpc) is 2.99. The number of carbonyl (C=O) groups excluding carboxylic acids is 1. The predicted octanol–water partition coefficient (Wildman–Crippen LogP) is 3.25. The second-order valence-corrected chi connectivity index (χ2v) is 5.68. The molecule has 2 aromatic rings. The first-order chi connectivity index (χ1) is 10.7. The van der Waals surface area contributed by atoms with E-state index in [-0.39, 0.29) is 5.91 Å². The van der Waals surface area contributed by atoms with Crippen molar-refractivity contribution < 1.29 is 9.53 Å². The standard InChI is InChI=1S/C17H21N3O2/c1-3-11(2)12-6-4-5-7-14(12)18-17(21)16-13-10-22-9-8-15(13)19-20-16/h4-7,11H,3,8-10H2,1-2H3,(H,18,21)(H,19,20). The second-order valence-electron chi connectivity index (χ2n) is 5.68. The van der Waals surface area contributed by atoms with Gasteiger partial charge in [-0.25, -0.2) is 0 Å². The van der Waals surface area contributed by atoms with Gasteiger partial charge in [0, 0.05) is 23.4 Å². The van der Waals surface area contributed by atoms with Crippen molar-refractivity contribution in [2.45, 2.75) is 39.2 Å². The first kappa shape index (κ1) is 14.8. The summed E-state index contributed by atoms with van der Waals surface area (Å²) in [5.41, 5.74) is 4.33.